The van der Waals surface area contributed by atoms with Crippen LogP contribution in [-0.4, -0.2) is 16.6 Å². The summed E-state index contributed by atoms with van der Waals surface area (Å²) in [6.07, 6.45) is 1.88. The zero-order valence-electron chi connectivity index (χ0n) is 9.18. The number of aromatic nitrogens is 2. The second kappa shape index (κ2) is 3.50. The molecule has 0 saturated carbocycles. The Labute approximate surface area is 80.2 Å². The highest BCUT2D eigenvalue weighted by Crippen LogP contribution is 2.24. The van der Waals surface area contributed by atoms with E-state index in [0.29, 0.717) is 0 Å². The summed E-state index contributed by atoms with van der Waals surface area (Å²) in [5.74, 6) is 0. The Bertz CT molecular complexity index is 281. The standard InChI is InChI=1S/C10H19N3/c1-10(2,3)9-8(6-11-4)12-7-13(9)5/h7,11H,6H2,1-5H3. The number of imidazole rings is 1. The Hall–Kier alpha value is -0.830. The number of nitrogens with zero attached hydrogens (tertiary/aromatic N) is 2. The lowest BCUT2D eigenvalue weighted by Crippen LogP contribution is -2.20. The van der Waals surface area contributed by atoms with Crippen LogP contribution in [0.5, 0.6) is 0 Å². The minimum absolute atomic E-state index is 0.164. The van der Waals surface area contributed by atoms with Crippen molar-refractivity contribution in [2.45, 2.75) is 32.7 Å². The third kappa shape index (κ3) is 2.10. The summed E-state index contributed by atoms with van der Waals surface area (Å²) in [7, 11) is 3.99. The molecule has 0 aliphatic rings. The molecule has 0 unspecified atom stereocenters. The predicted molar refractivity (Wildman–Crippen MR) is 54.7 cm³/mol. The predicted octanol–water partition coefficient (Wildman–Crippen LogP) is 1.44. The molecule has 13 heavy (non-hydrogen) atoms. The van der Waals surface area contributed by atoms with Crippen molar-refractivity contribution in [3.8, 4) is 0 Å². The van der Waals surface area contributed by atoms with Gasteiger partial charge in [0.2, 0.25) is 0 Å². The molecule has 0 aliphatic heterocycles. The van der Waals surface area contributed by atoms with Gasteiger partial charge in [-0.2, -0.15) is 0 Å². The van der Waals surface area contributed by atoms with Crippen molar-refractivity contribution >= 4 is 0 Å². The average molecular weight is 181 g/mol. The molecule has 0 amide bonds. The Morgan fingerprint density at radius 3 is 2.54 bits per heavy atom. The highest BCUT2D eigenvalue weighted by Gasteiger charge is 2.21. The van der Waals surface area contributed by atoms with E-state index in [4.69, 9.17) is 0 Å². The highest BCUT2D eigenvalue weighted by molar-refractivity contribution is 5.21. The lowest BCUT2D eigenvalue weighted by molar-refractivity contribution is 0.532. The van der Waals surface area contributed by atoms with Crippen LogP contribution >= 0.6 is 0 Å². The summed E-state index contributed by atoms with van der Waals surface area (Å²) in [6, 6.07) is 0. The Morgan fingerprint density at radius 2 is 2.08 bits per heavy atom. The molecular weight excluding hydrogens is 162 g/mol. The third-order valence-corrected chi connectivity index (χ3v) is 2.07. The first-order valence-corrected chi connectivity index (χ1v) is 4.62. The van der Waals surface area contributed by atoms with E-state index in [1.165, 1.54) is 5.69 Å². The van der Waals surface area contributed by atoms with Gasteiger partial charge in [-0.05, 0) is 7.05 Å². The molecule has 1 aromatic heterocycles. The maximum absolute atomic E-state index is 4.37. The molecule has 3 heteroatoms. The van der Waals surface area contributed by atoms with Crippen molar-refractivity contribution in [2.24, 2.45) is 7.05 Å². The van der Waals surface area contributed by atoms with Gasteiger partial charge in [0.1, 0.15) is 0 Å². The molecule has 3 nitrogen and oxygen atoms in total. The van der Waals surface area contributed by atoms with E-state index in [0.717, 1.165) is 12.2 Å². The maximum atomic E-state index is 4.37. The van der Waals surface area contributed by atoms with Crippen LogP contribution in [0.1, 0.15) is 32.2 Å². The molecule has 0 saturated heterocycles. The molecular formula is C10H19N3. The number of nitrogens with one attached hydrogen (secondary N) is 1. The van der Waals surface area contributed by atoms with Crippen molar-refractivity contribution < 1.29 is 0 Å². The Balaban J connectivity index is 3.09. The second-order valence-corrected chi connectivity index (χ2v) is 4.43. The summed E-state index contributed by atoms with van der Waals surface area (Å²) in [5, 5.41) is 3.13. The maximum Gasteiger partial charge on any atom is 0.0949 e. The first-order chi connectivity index (χ1) is 5.96. The van der Waals surface area contributed by atoms with Gasteiger partial charge < -0.3 is 9.88 Å². The van der Waals surface area contributed by atoms with Crippen LogP contribution in [0.2, 0.25) is 0 Å². The Morgan fingerprint density at radius 1 is 1.46 bits per heavy atom. The lowest BCUT2D eigenvalue weighted by Gasteiger charge is -2.21. The quantitative estimate of drug-likeness (QED) is 0.748. The van der Waals surface area contributed by atoms with Crippen LogP contribution in [0.25, 0.3) is 0 Å². The highest BCUT2D eigenvalue weighted by atomic mass is 15.1. The summed E-state index contributed by atoms with van der Waals surface area (Å²) < 4.78 is 2.10. The zero-order chi connectivity index (χ0) is 10.1. The fourth-order valence-electron chi connectivity index (χ4n) is 1.74. The van der Waals surface area contributed by atoms with Gasteiger partial charge in [-0.3, -0.25) is 0 Å². The van der Waals surface area contributed by atoms with Crippen LogP contribution in [-0.2, 0) is 19.0 Å². The number of hydrogen-bond donors (Lipinski definition) is 1. The van der Waals surface area contributed by atoms with Crippen molar-refractivity contribution in [3.63, 3.8) is 0 Å². The molecule has 0 aromatic carbocycles. The molecule has 1 N–H and O–H groups in total. The van der Waals surface area contributed by atoms with Gasteiger partial charge in [-0.25, -0.2) is 4.98 Å². The molecule has 0 radical (unpaired) electrons. The molecule has 1 rings (SSSR count). The van der Waals surface area contributed by atoms with Gasteiger partial charge in [-0.1, -0.05) is 20.8 Å². The molecule has 0 aliphatic carbocycles. The minimum Gasteiger partial charge on any atom is -0.337 e. The smallest absolute Gasteiger partial charge is 0.0949 e. The van der Waals surface area contributed by atoms with Crippen LogP contribution in [0.3, 0.4) is 0 Å². The molecule has 0 atom stereocenters. The van der Waals surface area contributed by atoms with Crippen LogP contribution in [0, 0.1) is 0 Å². The number of rotatable bonds is 2. The summed E-state index contributed by atoms with van der Waals surface area (Å²) in [6.45, 7) is 7.48. The second-order valence-electron chi connectivity index (χ2n) is 4.43. The summed E-state index contributed by atoms with van der Waals surface area (Å²) in [4.78, 5) is 4.37. The fraction of sp³-hybridized carbons (Fsp3) is 0.700. The van der Waals surface area contributed by atoms with E-state index >= 15 is 0 Å². The topological polar surface area (TPSA) is 29.9 Å². The van der Waals surface area contributed by atoms with Crippen LogP contribution in [0.15, 0.2) is 6.33 Å². The molecule has 0 bridgehead atoms. The van der Waals surface area contributed by atoms with Crippen molar-refractivity contribution in [3.05, 3.63) is 17.7 Å². The SMILES string of the molecule is CNCc1ncn(C)c1C(C)(C)C. The van der Waals surface area contributed by atoms with Crippen LogP contribution < -0.4 is 5.32 Å². The van der Waals surface area contributed by atoms with Crippen molar-refractivity contribution in [1.29, 1.82) is 0 Å². The van der Waals surface area contributed by atoms with Gasteiger partial charge in [0.15, 0.2) is 0 Å². The van der Waals surface area contributed by atoms with Crippen molar-refractivity contribution in [1.82, 2.24) is 14.9 Å². The monoisotopic (exact) mass is 181 g/mol. The fourth-order valence-corrected chi connectivity index (χ4v) is 1.74. The van der Waals surface area contributed by atoms with E-state index in [9.17, 15) is 0 Å². The van der Waals surface area contributed by atoms with Gasteiger partial charge >= 0.3 is 0 Å². The summed E-state index contributed by atoms with van der Waals surface area (Å²) in [5.41, 5.74) is 2.62. The normalized spacial score (nSPS) is 12.1. The summed E-state index contributed by atoms with van der Waals surface area (Å²) >= 11 is 0. The van der Waals surface area contributed by atoms with Gasteiger partial charge in [0.05, 0.1) is 12.0 Å². The molecule has 74 valence electrons. The number of hydrogen-bond acceptors (Lipinski definition) is 2. The molecule has 1 aromatic rings. The van der Waals surface area contributed by atoms with Gasteiger partial charge in [-0.15, -0.1) is 0 Å². The third-order valence-electron chi connectivity index (χ3n) is 2.07. The van der Waals surface area contributed by atoms with Crippen molar-refractivity contribution in [2.75, 3.05) is 7.05 Å². The van der Waals surface area contributed by atoms with E-state index < -0.39 is 0 Å². The van der Waals surface area contributed by atoms with E-state index in [1.807, 2.05) is 20.4 Å². The molecule has 0 fully saturated rings. The van der Waals surface area contributed by atoms with E-state index in [1.54, 1.807) is 0 Å². The lowest BCUT2D eigenvalue weighted by atomic mass is 9.90. The molecule has 1 heterocycles. The van der Waals surface area contributed by atoms with Crippen LogP contribution in [0.4, 0.5) is 0 Å². The Kier molecular flexibility index (Phi) is 2.76. The largest absolute Gasteiger partial charge is 0.337 e. The number of aryl methyl sites for hydroxylation is 1. The average Bonchev–Trinajstić information content (AvgIpc) is 2.31. The van der Waals surface area contributed by atoms with E-state index in [2.05, 4.69) is 35.6 Å². The van der Waals surface area contributed by atoms with Gasteiger partial charge in [0, 0.05) is 24.7 Å². The van der Waals surface area contributed by atoms with Gasteiger partial charge in [0.25, 0.3) is 0 Å². The molecule has 0 spiro atoms. The first kappa shape index (κ1) is 10.3. The minimum atomic E-state index is 0.164. The van der Waals surface area contributed by atoms with E-state index in [-0.39, 0.29) is 5.41 Å². The zero-order valence-corrected chi connectivity index (χ0v) is 9.18. The first-order valence-electron chi connectivity index (χ1n) is 4.62.